The number of ether oxygens (including phenoxy) is 1. The molecule has 4 rings (SSSR count). The van der Waals surface area contributed by atoms with E-state index in [1.807, 2.05) is 32.8 Å². The molecule has 196 valence electrons. The fourth-order valence-electron chi connectivity index (χ4n) is 3.93. The number of nitrogens with one attached hydrogen (secondary N) is 1. The van der Waals surface area contributed by atoms with E-state index >= 15 is 0 Å². The molecule has 0 aliphatic heterocycles. The lowest BCUT2D eigenvalue weighted by Crippen LogP contribution is -2.53. The number of aromatic nitrogens is 3. The zero-order valence-electron chi connectivity index (χ0n) is 21.0. The van der Waals surface area contributed by atoms with Gasteiger partial charge in [-0.05, 0) is 52.4 Å². The van der Waals surface area contributed by atoms with Gasteiger partial charge in [-0.25, -0.2) is 9.97 Å². The number of fused-ring (bicyclic) bond motifs is 1. The summed E-state index contributed by atoms with van der Waals surface area (Å²) in [4.78, 5) is 19.4. The Kier molecular flexibility index (Phi) is 7.42. The highest BCUT2D eigenvalue weighted by Gasteiger charge is 2.63. The molecule has 2 N–H and O–H groups in total. The van der Waals surface area contributed by atoms with Crippen molar-refractivity contribution in [1.29, 1.82) is 0 Å². The number of thiophene rings is 1. The summed E-state index contributed by atoms with van der Waals surface area (Å²) < 4.78 is 45.9. The summed E-state index contributed by atoms with van der Waals surface area (Å²) in [7, 11) is 5.63. The van der Waals surface area contributed by atoms with Gasteiger partial charge in [0.25, 0.3) is 0 Å². The molecule has 0 amide bonds. The number of aliphatic hydroxyl groups excluding tert-OH is 1. The molecular weight excluding hydrogens is 493 g/mol. The van der Waals surface area contributed by atoms with Crippen molar-refractivity contribution in [3.05, 3.63) is 28.8 Å². The van der Waals surface area contributed by atoms with Crippen LogP contribution in [-0.2, 0) is 0 Å². The van der Waals surface area contributed by atoms with Crippen LogP contribution in [0.15, 0.2) is 18.3 Å². The molecular formula is C24H31F3N6O2S. The second-order valence-corrected chi connectivity index (χ2v) is 10.7. The standard InChI is InChI=1S/C24H31F3N6O2S/c1-14-15(2)36-22-19(14)21(33(5)13-18(34)31-23(7-8-23)24(25,26)27)29-20(30-22)17-12-16(6-9-28-17)35-11-10-32(3)4/h6,9,12,18,31,34H,7-8,10-11,13H2,1-5H3. The van der Waals surface area contributed by atoms with Crippen molar-refractivity contribution in [1.82, 2.24) is 25.2 Å². The van der Waals surface area contributed by atoms with Gasteiger partial charge in [0, 0.05) is 30.7 Å². The van der Waals surface area contributed by atoms with Crippen LogP contribution in [0, 0.1) is 13.8 Å². The Morgan fingerprint density at radius 1 is 1.22 bits per heavy atom. The number of pyridine rings is 1. The van der Waals surface area contributed by atoms with Crippen LogP contribution in [0.2, 0.25) is 0 Å². The summed E-state index contributed by atoms with van der Waals surface area (Å²) in [5.74, 6) is 1.54. The zero-order valence-corrected chi connectivity index (χ0v) is 21.8. The molecule has 3 aromatic heterocycles. The molecule has 0 aromatic carbocycles. The predicted molar refractivity (Wildman–Crippen MR) is 135 cm³/mol. The summed E-state index contributed by atoms with van der Waals surface area (Å²) in [6.07, 6.45) is -4.25. The maximum Gasteiger partial charge on any atom is 0.406 e. The molecule has 1 saturated carbocycles. The Labute approximate surface area is 212 Å². The third-order valence-electron chi connectivity index (χ3n) is 6.32. The first-order valence-corrected chi connectivity index (χ1v) is 12.5. The molecule has 0 radical (unpaired) electrons. The van der Waals surface area contributed by atoms with Crippen LogP contribution in [-0.4, -0.2) is 83.7 Å². The summed E-state index contributed by atoms with van der Waals surface area (Å²) in [5, 5.41) is 13.7. The predicted octanol–water partition coefficient (Wildman–Crippen LogP) is 3.75. The van der Waals surface area contributed by atoms with E-state index in [1.165, 1.54) is 11.3 Å². The summed E-state index contributed by atoms with van der Waals surface area (Å²) in [6.45, 7) is 5.13. The lowest BCUT2D eigenvalue weighted by molar-refractivity contribution is -0.173. The highest BCUT2D eigenvalue weighted by molar-refractivity contribution is 7.18. The fraction of sp³-hybridized carbons (Fsp3) is 0.542. The first-order chi connectivity index (χ1) is 16.9. The number of alkyl halides is 3. The number of rotatable bonds is 10. The van der Waals surface area contributed by atoms with E-state index in [2.05, 4.69) is 10.3 Å². The quantitative estimate of drug-likeness (QED) is 0.388. The normalized spacial score (nSPS) is 15.9. The summed E-state index contributed by atoms with van der Waals surface area (Å²) in [5.41, 5.74) is -0.496. The summed E-state index contributed by atoms with van der Waals surface area (Å²) >= 11 is 1.51. The number of aryl methyl sites for hydroxylation is 2. The third kappa shape index (κ3) is 5.56. The van der Waals surface area contributed by atoms with Crippen molar-refractivity contribution in [3.8, 4) is 17.3 Å². The summed E-state index contributed by atoms with van der Waals surface area (Å²) in [6, 6.07) is 3.53. The molecule has 1 atom stereocenters. The van der Waals surface area contributed by atoms with Crippen LogP contribution in [0.25, 0.3) is 21.7 Å². The van der Waals surface area contributed by atoms with Gasteiger partial charge in [-0.1, -0.05) is 0 Å². The molecule has 0 saturated heterocycles. The number of aliphatic hydroxyl groups is 1. The van der Waals surface area contributed by atoms with Gasteiger partial charge in [0.15, 0.2) is 5.82 Å². The SMILES string of the molecule is Cc1sc2nc(-c3cc(OCCN(C)C)ccn3)nc(N(C)CC(O)NC3(C(F)(F)F)CC3)c2c1C. The van der Waals surface area contributed by atoms with E-state index in [-0.39, 0.29) is 19.4 Å². The first kappa shape index (κ1) is 26.5. The first-order valence-electron chi connectivity index (χ1n) is 11.7. The van der Waals surface area contributed by atoms with Crippen LogP contribution in [0.4, 0.5) is 19.0 Å². The molecule has 0 bridgehead atoms. The Hall–Kier alpha value is -2.54. The number of halogens is 3. The highest BCUT2D eigenvalue weighted by atomic mass is 32.1. The molecule has 8 nitrogen and oxygen atoms in total. The zero-order chi connectivity index (χ0) is 26.3. The largest absolute Gasteiger partial charge is 0.492 e. The molecule has 1 aliphatic carbocycles. The molecule has 36 heavy (non-hydrogen) atoms. The minimum Gasteiger partial charge on any atom is -0.492 e. The van der Waals surface area contributed by atoms with Crippen molar-refractivity contribution < 1.29 is 23.0 Å². The van der Waals surface area contributed by atoms with Crippen LogP contribution < -0.4 is 15.0 Å². The molecule has 1 aliphatic rings. The van der Waals surface area contributed by atoms with Crippen LogP contribution >= 0.6 is 11.3 Å². The molecule has 1 unspecified atom stereocenters. The minimum atomic E-state index is -4.41. The smallest absolute Gasteiger partial charge is 0.406 e. The second-order valence-electron chi connectivity index (χ2n) is 9.48. The average Bonchev–Trinajstić information content (AvgIpc) is 3.52. The second kappa shape index (κ2) is 10.1. The number of hydrogen-bond donors (Lipinski definition) is 2. The molecule has 0 spiro atoms. The molecule has 1 fully saturated rings. The van der Waals surface area contributed by atoms with Gasteiger partial charge in [-0.15, -0.1) is 11.3 Å². The number of likely N-dealkylation sites (N-methyl/N-ethyl adjacent to an activating group) is 2. The van der Waals surface area contributed by atoms with Gasteiger partial charge in [0.05, 0.1) is 11.9 Å². The average molecular weight is 525 g/mol. The van der Waals surface area contributed by atoms with E-state index in [4.69, 9.17) is 14.7 Å². The van der Waals surface area contributed by atoms with Crippen LogP contribution in [0.1, 0.15) is 23.3 Å². The Bertz CT molecular complexity index is 1230. The number of hydrogen-bond acceptors (Lipinski definition) is 9. The van der Waals surface area contributed by atoms with Gasteiger partial charge >= 0.3 is 6.18 Å². The van der Waals surface area contributed by atoms with E-state index in [0.29, 0.717) is 29.7 Å². The van der Waals surface area contributed by atoms with Gasteiger partial charge in [-0.3, -0.25) is 10.3 Å². The van der Waals surface area contributed by atoms with Crippen molar-refractivity contribution in [2.24, 2.45) is 0 Å². The third-order valence-corrected chi connectivity index (χ3v) is 7.42. The minimum absolute atomic E-state index is 0.0410. The lowest BCUT2D eigenvalue weighted by atomic mass is 10.2. The van der Waals surface area contributed by atoms with E-state index in [9.17, 15) is 18.3 Å². The van der Waals surface area contributed by atoms with Crippen molar-refractivity contribution >= 4 is 27.4 Å². The monoisotopic (exact) mass is 524 g/mol. The highest BCUT2D eigenvalue weighted by Crippen LogP contribution is 2.49. The van der Waals surface area contributed by atoms with Crippen LogP contribution in [0.5, 0.6) is 5.75 Å². The van der Waals surface area contributed by atoms with E-state index < -0.39 is 17.9 Å². The Morgan fingerprint density at radius 3 is 2.58 bits per heavy atom. The molecule has 12 heteroatoms. The van der Waals surface area contributed by atoms with E-state index in [0.717, 1.165) is 27.2 Å². The topological polar surface area (TPSA) is 86.6 Å². The van der Waals surface area contributed by atoms with Crippen molar-refractivity contribution in [2.75, 3.05) is 45.7 Å². The van der Waals surface area contributed by atoms with Crippen molar-refractivity contribution in [3.63, 3.8) is 0 Å². The van der Waals surface area contributed by atoms with Gasteiger partial charge in [0.2, 0.25) is 0 Å². The van der Waals surface area contributed by atoms with Gasteiger partial charge in [-0.2, -0.15) is 13.2 Å². The Balaban J connectivity index is 1.62. The number of anilines is 1. The maximum atomic E-state index is 13.3. The fourth-order valence-corrected chi connectivity index (χ4v) is 4.96. The maximum absolute atomic E-state index is 13.3. The van der Waals surface area contributed by atoms with E-state index in [1.54, 1.807) is 30.3 Å². The van der Waals surface area contributed by atoms with Crippen LogP contribution in [0.3, 0.4) is 0 Å². The molecule has 3 aromatic rings. The number of nitrogens with zero attached hydrogens (tertiary/aromatic N) is 5. The molecule has 3 heterocycles. The Morgan fingerprint density at radius 2 is 1.94 bits per heavy atom. The van der Waals surface area contributed by atoms with Gasteiger partial charge < -0.3 is 19.6 Å². The van der Waals surface area contributed by atoms with Gasteiger partial charge in [0.1, 0.15) is 40.5 Å². The van der Waals surface area contributed by atoms with Crippen molar-refractivity contribution in [2.45, 2.75) is 44.6 Å². The lowest BCUT2D eigenvalue weighted by Gasteiger charge is -2.28.